The fourth-order valence-electron chi connectivity index (χ4n) is 4.33. The molecule has 8 heteroatoms. The molecule has 1 amide bonds. The van der Waals surface area contributed by atoms with Crippen LogP contribution in [0, 0.1) is 11.6 Å². The van der Waals surface area contributed by atoms with Crippen molar-refractivity contribution in [3.8, 4) is 5.75 Å². The third kappa shape index (κ3) is 4.67. The van der Waals surface area contributed by atoms with Crippen LogP contribution in [-0.4, -0.2) is 41.5 Å². The van der Waals surface area contributed by atoms with Crippen molar-refractivity contribution in [2.75, 3.05) is 19.7 Å². The van der Waals surface area contributed by atoms with Crippen LogP contribution in [0.25, 0.3) is 10.9 Å². The highest BCUT2D eigenvalue weighted by Crippen LogP contribution is 2.32. The van der Waals surface area contributed by atoms with Gasteiger partial charge in [0, 0.05) is 34.3 Å². The number of benzene rings is 2. The number of carbonyl (C=O) groups is 1. The monoisotopic (exact) mass is 449 g/mol. The number of fused-ring (bicyclic) bond motifs is 2. The molecular formula is C23H26ClF2N3O2. The van der Waals surface area contributed by atoms with Crippen LogP contribution in [0.2, 0.25) is 0 Å². The highest BCUT2D eigenvalue weighted by atomic mass is 35.5. The molecule has 3 aromatic rings. The van der Waals surface area contributed by atoms with E-state index in [9.17, 15) is 13.6 Å². The van der Waals surface area contributed by atoms with E-state index >= 15 is 0 Å². The SMILES string of the molecule is CCN(CCCc1c[nH]c2ccc(F)cc12)[C@@H]1COc2c(F)ccc(C(N)=O)c2C1.Cl. The molecule has 2 aromatic carbocycles. The first-order chi connectivity index (χ1) is 14.5. The van der Waals surface area contributed by atoms with Crippen LogP contribution >= 0.6 is 12.4 Å². The number of hydrogen-bond acceptors (Lipinski definition) is 3. The molecular weight excluding hydrogens is 424 g/mol. The summed E-state index contributed by atoms with van der Waals surface area (Å²) >= 11 is 0. The largest absolute Gasteiger partial charge is 0.489 e. The van der Waals surface area contributed by atoms with E-state index in [1.165, 1.54) is 18.2 Å². The first-order valence-electron chi connectivity index (χ1n) is 10.2. The van der Waals surface area contributed by atoms with Gasteiger partial charge in [0.05, 0.1) is 0 Å². The van der Waals surface area contributed by atoms with Crippen molar-refractivity contribution in [3.05, 3.63) is 64.9 Å². The number of nitrogens with two attached hydrogens (primary N) is 1. The Hall–Kier alpha value is -2.64. The Labute approximate surface area is 186 Å². The number of carbonyl (C=O) groups excluding carboxylic acids is 1. The quantitative estimate of drug-likeness (QED) is 0.567. The number of nitrogens with one attached hydrogen (secondary N) is 1. The first-order valence-corrected chi connectivity index (χ1v) is 10.2. The Morgan fingerprint density at radius 2 is 2.10 bits per heavy atom. The fraction of sp³-hybridized carbons (Fsp3) is 0.348. The van der Waals surface area contributed by atoms with Crippen LogP contribution in [0.1, 0.15) is 34.8 Å². The molecule has 31 heavy (non-hydrogen) atoms. The summed E-state index contributed by atoms with van der Waals surface area (Å²) in [5.41, 5.74) is 8.35. The van der Waals surface area contributed by atoms with Crippen molar-refractivity contribution in [3.63, 3.8) is 0 Å². The molecule has 0 unspecified atom stereocenters. The van der Waals surface area contributed by atoms with Gasteiger partial charge in [0.15, 0.2) is 11.6 Å². The number of likely N-dealkylation sites (N-methyl/N-ethyl adjacent to an activating group) is 1. The van der Waals surface area contributed by atoms with Gasteiger partial charge in [-0.3, -0.25) is 9.69 Å². The molecule has 1 aliphatic heterocycles. The van der Waals surface area contributed by atoms with E-state index in [0.29, 0.717) is 24.2 Å². The number of aryl methyl sites for hydroxylation is 1. The third-order valence-electron chi connectivity index (χ3n) is 5.88. The zero-order chi connectivity index (χ0) is 21.3. The summed E-state index contributed by atoms with van der Waals surface area (Å²) in [7, 11) is 0. The Balaban J connectivity index is 0.00000272. The summed E-state index contributed by atoms with van der Waals surface area (Å²) < 4.78 is 33.4. The summed E-state index contributed by atoms with van der Waals surface area (Å²) in [4.78, 5) is 17.2. The number of H-pyrrole nitrogens is 1. The molecule has 0 bridgehead atoms. The zero-order valence-electron chi connectivity index (χ0n) is 17.3. The Morgan fingerprint density at radius 3 is 2.84 bits per heavy atom. The van der Waals surface area contributed by atoms with Gasteiger partial charge in [-0.05, 0) is 68.2 Å². The lowest BCUT2D eigenvalue weighted by atomic mass is 9.95. The second-order valence-corrected chi connectivity index (χ2v) is 7.67. The van der Waals surface area contributed by atoms with E-state index in [4.69, 9.17) is 10.5 Å². The van der Waals surface area contributed by atoms with Crippen molar-refractivity contribution < 1.29 is 18.3 Å². The minimum absolute atomic E-state index is 0. The van der Waals surface area contributed by atoms with E-state index < -0.39 is 11.7 Å². The summed E-state index contributed by atoms with van der Waals surface area (Å²) in [5.74, 6) is -1.15. The fourth-order valence-corrected chi connectivity index (χ4v) is 4.33. The van der Waals surface area contributed by atoms with Gasteiger partial charge >= 0.3 is 0 Å². The van der Waals surface area contributed by atoms with Gasteiger partial charge in [0.2, 0.25) is 5.91 Å². The van der Waals surface area contributed by atoms with Crippen LogP contribution in [0.3, 0.4) is 0 Å². The van der Waals surface area contributed by atoms with E-state index in [0.717, 1.165) is 42.4 Å². The van der Waals surface area contributed by atoms with Gasteiger partial charge < -0.3 is 15.5 Å². The molecule has 5 nitrogen and oxygen atoms in total. The lowest BCUT2D eigenvalue weighted by molar-refractivity contribution is 0.0987. The molecule has 0 spiro atoms. The van der Waals surface area contributed by atoms with Gasteiger partial charge in [-0.2, -0.15) is 0 Å². The van der Waals surface area contributed by atoms with Gasteiger partial charge in [0.1, 0.15) is 12.4 Å². The Bertz CT molecular complexity index is 1090. The predicted molar refractivity (Wildman–Crippen MR) is 119 cm³/mol. The predicted octanol–water partition coefficient (Wildman–Crippen LogP) is 4.23. The normalized spacial score (nSPS) is 15.4. The minimum atomic E-state index is -0.579. The van der Waals surface area contributed by atoms with Gasteiger partial charge in [0.25, 0.3) is 0 Å². The average Bonchev–Trinajstić information content (AvgIpc) is 3.13. The Morgan fingerprint density at radius 1 is 1.29 bits per heavy atom. The molecule has 4 rings (SSSR count). The smallest absolute Gasteiger partial charge is 0.249 e. The van der Waals surface area contributed by atoms with Crippen molar-refractivity contribution in [1.29, 1.82) is 0 Å². The number of amides is 1. The second-order valence-electron chi connectivity index (χ2n) is 7.67. The summed E-state index contributed by atoms with van der Waals surface area (Å²) in [5, 5.41) is 0.912. The van der Waals surface area contributed by atoms with Gasteiger partial charge in [-0.25, -0.2) is 8.78 Å². The standard InChI is InChI=1S/C23H25F2N3O2.ClH/c1-2-28(9-3-4-14-12-27-21-8-5-15(24)10-18(14)21)16-11-19-17(23(26)29)6-7-20(25)22(19)30-13-16;/h5-8,10,12,16,27H,2-4,9,11,13H2,1H3,(H2,26,29);1H/t16-;/m0./s1. The maximum Gasteiger partial charge on any atom is 0.249 e. The number of primary amides is 1. The molecule has 1 aliphatic rings. The van der Waals surface area contributed by atoms with E-state index in [1.54, 1.807) is 12.1 Å². The van der Waals surface area contributed by atoms with E-state index in [1.807, 2.05) is 6.20 Å². The molecule has 1 atom stereocenters. The van der Waals surface area contributed by atoms with Crippen molar-refractivity contribution in [1.82, 2.24) is 9.88 Å². The summed E-state index contributed by atoms with van der Waals surface area (Å²) in [6.45, 7) is 4.03. The maximum absolute atomic E-state index is 14.1. The molecule has 0 fully saturated rings. The van der Waals surface area contributed by atoms with E-state index in [-0.39, 0.29) is 30.0 Å². The van der Waals surface area contributed by atoms with Crippen molar-refractivity contribution in [2.24, 2.45) is 5.73 Å². The number of aromatic amines is 1. The van der Waals surface area contributed by atoms with Crippen LogP contribution in [0.15, 0.2) is 36.5 Å². The zero-order valence-corrected chi connectivity index (χ0v) is 18.1. The van der Waals surface area contributed by atoms with Crippen molar-refractivity contribution >= 4 is 29.2 Å². The minimum Gasteiger partial charge on any atom is -0.489 e. The van der Waals surface area contributed by atoms with Gasteiger partial charge in [-0.15, -0.1) is 12.4 Å². The number of ether oxygens (including phenoxy) is 1. The molecule has 2 heterocycles. The summed E-state index contributed by atoms with van der Waals surface area (Å²) in [6, 6.07) is 7.44. The van der Waals surface area contributed by atoms with Crippen LogP contribution in [0.4, 0.5) is 8.78 Å². The van der Waals surface area contributed by atoms with Gasteiger partial charge in [-0.1, -0.05) is 6.92 Å². The maximum atomic E-state index is 14.1. The number of nitrogens with zero attached hydrogens (tertiary/aromatic N) is 1. The lowest BCUT2D eigenvalue weighted by Gasteiger charge is -2.35. The number of hydrogen-bond donors (Lipinski definition) is 2. The molecule has 0 radical (unpaired) electrons. The van der Waals surface area contributed by atoms with Crippen molar-refractivity contribution in [2.45, 2.75) is 32.2 Å². The molecule has 0 saturated carbocycles. The number of halogens is 3. The highest BCUT2D eigenvalue weighted by Gasteiger charge is 2.29. The molecule has 0 saturated heterocycles. The molecule has 1 aromatic heterocycles. The van der Waals surface area contributed by atoms with Crippen LogP contribution in [0.5, 0.6) is 5.75 Å². The average molecular weight is 450 g/mol. The second kappa shape index (κ2) is 9.66. The third-order valence-corrected chi connectivity index (χ3v) is 5.88. The topological polar surface area (TPSA) is 71.3 Å². The highest BCUT2D eigenvalue weighted by molar-refractivity contribution is 5.95. The molecule has 0 aliphatic carbocycles. The molecule has 3 N–H and O–H groups in total. The van der Waals surface area contributed by atoms with E-state index in [2.05, 4.69) is 16.8 Å². The summed E-state index contributed by atoms with van der Waals surface area (Å²) in [6.07, 6.45) is 4.14. The van der Waals surface area contributed by atoms with Crippen LogP contribution in [-0.2, 0) is 12.8 Å². The Kier molecular flexibility index (Phi) is 7.18. The number of rotatable bonds is 7. The number of aromatic nitrogens is 1. The lowest BCUT2D eigenvalue weighted by Crippen LogP contribution is -2.44. The first kappa shape index (κ1) is 23.0. The van der Waals surface area contributed by atoms with Crippen LogP contribution < -0.4 is 10.5 Å². The molecule has 166 valence electrons.